The molecular weight excluding hydrogens is 344 g/mol. The van der Waals surface area contributed by atoms with Gasteiger partial charge in [0.1, 0.15) is 12.4 Å². The van der Waals surface area contributed by atoms with Crippen LogP contribution in [0.3, 0.4) is 0 Å². The van der Waals surface area contributed by atoms with E-state index >= 15 is 0 Å². The molecule has 1 heterocycles. The van der Waals surface area contributed by atoms with Crippen molar-refractivity contribution < 1.29 is 9.53 Å². The summed E-state index contributed by atoms with van der Waals surface area (Å²) in [4.78, 5) is 13.8. The van der Waals surface area contributed by atoms with Gasteiger partial charge in [0.2, 0.25) is 5.91 Å². The molecule has 1 aromatic rings. The lowest BCUT2D eigenvalue weighted by atomic mass is 10.2. The summed E-state index contributed by atoms with van der Waals surface area (Å²) >= 11 is 3.38. The first-order chi connectivity index (χ1) is 9.16. The van der Waals surface area contributed by atoms with E-state index in [1.807, 2.05) is 31.3 Å². The van der Waals surface area contributed by atoms with E-state index in [-0.39, 0.29) is 24.4 Å². The summed E-state index contributed by atoms with van der Waals surface area (Å²) in [6.45, 7) is 2.06. The van der Waals surface area contributed by atoms with Crippen LogP contribution in [0.2, 0.25) is 0 Å². The number of likely N-dealkylation sites (N-methyl/N-ethyl adjacent to an activating group) is 1. The number of rotatable bonds is 5. The Hall–Kier alpha value is -0.780. The van der Waals surface area contributed by atoms with Gasteiger partial charge in [-0.25, -0.2) is 0 Å². The SMILES string of the molecule is CN(CCOc1ccc(Br)cc1)C(=O)[C@@H]1CCCN1.Cl. The lowest BCUT2D eigenvalue weighted by Gasteiger charge is -2.21. The third-order valence-corrected chi connectivity index (χ3v) is 3.77. The molecule has 4 nitrogen and oxygen atoms in total. The minimum atomic E-state index is -0.00215. The molecule has 6 heteroatoms. The summed E-state index contributed by atoms with van der Waals surface area (Å²) in [5.74, 6) is 0.986. The quantitative estimate of drug-likeness (QED) is 0.874. The van der Waals surface area contributed by atoms with Gasteiger partial charge in [-0.2, -0.15) is 0 Å². The lowest BCUT2D eigenvalue weighted by Crippen LogP contribution is -2.43. The van der Waals surface area contributed by atoms with Crippen LogP contribution in [-0.2, 0) is 4.79 Å². The standard InChI is InChI=1S/C14H19BrN2O2.ClH/c1-17(14(18)13-3-2-8-16-13)9-10-19-12-6-4-11(15)5-7-12;/h4-7,13,16H,2-3,8-10H2,1H3;1H/t13-;/m0./s1. The maximum atomic E-state index is 12.0. The van der Waals surface area contributed by atoms with Crippen molar-refractivity contribution in [2.24, 2.45) is 0 Å². The van der Waals surface area contributed by atoms with E-state index in [1.165, 1.54) is 0 Å². The zero-order chi connectivity index (χ0) is 13.7. The molecule has 0 bridgehead atoms. The van der Waals surface area contributed by atoms with Gasteiger partial charge in [-0.3, -0.25) is 4.79 Å². The number of carbonyl (C=O) groups excluding carboxylic acids is 1. The predicted molar refractivity (Wildman–Crippen MR) is 85.5 cm³/mol. The van der Waals surface area contributed by atoms with E-state index in [0.29, 0.717) is 13.2 Å². The van der Waals surface area contributed by atoms with E-state index in [2.05, 4.69) is 21.2 Å². The molecular formula is C14H20BrClN2O2. The number of benzene rings is 1. The fourth-order valence-electron chi connectivity index (χ4n) is 2.10. The Bertz CT molecular complexity index is 422. The van der Waals surface area contributed by atoms with Crippen molar-refractivity contribution >= 4 is 34.2 Å². The molecule has 1 aromatic carbocycles. The highest BCUT2D eigenvalue weighted by Crippen LogP contribution is 2.16. The Morgan fingerprint density at radius 1 is 1.45 bits per heavy atom. The third-order valence-electron chi connectivity index (χ3n) is 3.24. The lowest BCUT2D eigenvalue weighted by molar-refractivity contribution is -0.132. The van der Waals surface area contributed by atoms with Crippen molar-refractivity contribution in [3.63, 3.8) is 0 Å². The number of carbonyl (C=O) groups is 1. The van der Waals surface area contributed by atoms with Gasteiger partial charge in [0.05, 0.1) is 12.6 Å². The first-order valence-corrected chi connectivity index (χ1v) is 7.33. The minimum absolute atomic E-state index is 0. The molecule has 20 heavy (non-hydrogen) atoms. The van der Waals surface area contributed by atoms with Gasteiger partial charge >= 0.3 is 0 Å². The summed E-state index contributed by atoms with van der Waals surface area (Å²) in [5.41, 5.74) is 0. The van der Waals surface area contributed by atoms with E-state index in [4.69, 9.17) is 4.74 Å². The van der Waals surface area contributed by atoms with Crippen LogP contribution in [-0.4, -0.2) is 43.6 Å². The molecule has 1 amide bonds. The van der Waals surface area contributed by atoms with E-state index in [1.54, 1.807) is 4.90 Å². The highest BCUT2D eigenvalue weighted by Gasteiger charge is 2.24. The smallest absolute Gasteiger partial charge is 0.239 e. The zero-order valence-corrected chi connectivity index (χ0v) is 13.9. The zero-order valence-electron chi connectivity index (χ0n) is 11.5. The summed E-state index contributed by atoms with van der Waals surface area (Å²) in [5, 5.41) is 3.21. The van der Waals surface area contributed by atoms with Crippen LogP contribution in [0.15, 0.2) is 28.7 Å². The van der Waals surface area contributed by atoms with Crippen LogP contribution in [0.4, 0.5) is 0 Å². The predicted octanol–water partition coefficient (Wildman–Crippen LogP) is 2.46. The van der Waals surface area contributed by atoms with Gasteiger partial charge in [-0.15, -0.1) is 12.4 Å². The Morgan fingerprint density at radius 2 is 2.15 bits per heavy atom. The highest BCUT2D eigenvalue weighted by atomic mass is 79.9. The van der Waals surface area contributed by atoms with Crippen LogP contribution in [0.25, 0.3) is 0 Å². The van der Waals surface area contributed by atoms with E-state index in [0.717, 1.165) is 29.6 Å². The van der Waals surface area contributed by atoms with E-state index < -0.39 is 0 Å². The van der Waals surface area contributed by atoms with Gasteiger partial charge in [0.25, 0.3) is 0 Å². The molecule has 1 aliphatic heterocycles. The Balaban J connectivity index is 0.00000200. The average Bonchev–Trinajstić information content (AvgIpc) is 2.94. The van der Waals surface area contributed by atoms with Gasteiger partial charge in [-0.1, -0.05) is 15.9 Å². The molecule has 0 aromatic heterocycles. The largest absolute Gasteiger partial charge is 0.492 e. The molecule has 1 saturated heterocycles. The maximum absolute atomic E-state index is 12.0. The van der Waals surface area contributed by atoms with Crippen molar-refractivity contribution in [3.05, 3.63) is 28.7 Å². The molecule has 0 saturated carbocycles. The van der Waals surface area contributed by atoms with Crippen LogP contribution in [0.1, 0.15) is 12.8 Å². The van der Waals surface area contributed by atoms with Crippen molar-refractivity contribution in [2.45, 2.75) is 18.9 Å². The topological polar surface area (TPSA) is 41.6 Å². The molecule has 1 aliphatic rings. The molecule has 1 atom stereocenters. The third kappa shape index (κ3) is 4.96. The highest BCUT2D eigenvalue weighted by molar-refractivity contribution is 9.10. The van der Waals surface area contributed by atoms with E-state index in [9.17, 15) is 4.79 Å². The molecule has 2 rings (SSSR count). The molecule has 1 fully saturated rings. The van der Waals surface area contributed by atoms with Crippen LogP contribution >= 0.6 is 28.3 Å². The number of amides is 1. The summed E-state index contributed by atoms with van der Waals surface area (Å²) in [6, 6.07) is 7.69. The number of hydrogen-bond donors (Lipinski definition) is 1. The van der Waals surface area contributed by atoms with Gasteiger partial charge < -0.3 is 15.0 Å². The fraction of sp³-hybridized carbons (Fsp3) is 0.500. The number of halogens is 2. The van der Waals surface area contributed by atoms with Crippen LogP contribution in [0.5, 0.6) is 5.75 Å². The van der Waals surface area contributed by atoms with Crippen LogP contribution < -0.4 is 10.1 Å². The van der Waals surface area contributed by atoms with Gasteiger partial charge in [0, 0.05) is 11.5 Å². The second-order valence-corrected chi connectivity index (χ2v) is 5.63. The number of nitrogens with one attached hydrogen (secondary N) is 1. The molecule has 0 spiro atoms. The second kappa shape index (κ2) is 8.49. The second-order valence-electron chi connectivity index (χ2n) is 4.71. The number of ether oxygens (including phenoxy) is 1. The molecule has 1 N–H and O–H groups in total. The summed E-state index contributed by atoms with van der Waals surface area (Å²) < 4.78 is 6.64. The number of hydrogen-bond acceptors (Lipinski definition) is 3. The van der Waals surface area contributed by atoms with Crippen molar-refractivity contribution in [3.8, 4) is 5.75 Å². The van der Waals surface area contributed by atoms with Gasteiger partial charge in [-0.05, 0) is 43.7 Å². The maximum Gasteiger partial charge on any atom is 0.239 e. The van der Waals surface area contributed by atoms with Crippen molar-refractivity contribution in [1.29, 1.82) is 0 Å². The molecule has 0 unspecified atom stereocenters. The summed E-state index contributed by atoms with van der Waals surface area (Å²) in [7, 11) is 1.83. The monoisotopic (exact) mass is 362 g/mol. The average molecular weight is 364 g/mol. The Labute approximate surface area is 134 Å². The normalized spacial score (nSPS) is 17.4. The number of nitrogens with zero attached hydrogens (tertiary/aromatic N) is 1. The Morgan fingerprint density at radius 3 is 2.75 bits per heavy atom. The first-order valence-electron chi connectivity index (χ1n) is 6.53. The fourth-order valence-corrected chi connectivity index (χ4v) is 2.37. The summed E-state index contributed by atoms with van der Waals surface area (Å²) in [6.07, 6.45) is 2.02. The van der Waals surface area contributed by atoms with Crippen molar-refractivity contribution in [2.75, 3.05) is 26.7 Å². The molecule has 112 valence electrons. The first kappa shape index (κ1) is 17.3. The van der Waals surface area contributed by atoms with Crippen LogP contribution in [0, 0.1) is 0 Å². The minimum Gasteiger partial charge on any atom is -0.492 e. The van der Waals surface area contributed by atoms with Gasteiger partial charge in [0.15, 0.2) is 0 Å². The molecule has 0 aliphatic carbocycles. The van der Waals surface area contributed by atoms with Crippen molar-refractivity contribution in [1.82, 2.24) is 10.2 Å². The Kier molecular flexibility index (Phi) is 7.34. The molecule has 0 radical (unpaired) electrons.